The molecule has 0 aliphatic carbocycles. The Bertz CT molecular complexity index is 710. The number of rotatable bonds is 2. The number of thioether (sulfide) groups is 1. The lowest BCUT2D eigenvalue weighted by atomic mass is 10.1. The first-order chi connectivity index (χ1) is 9.75. The Hall–Kier alpha value is -2.40. The predicted molar refractivity (Wildman–Crippen MR) is 75.9 cm³/mol. The smallest absolute Gasteiger partial charge is 0.312 e. The van der Waals surface area contributed by atoms with Crippen LogP contribution in [0.25, 0.3) is 0 Å². The van der Waals surface area contributed by atoms with Crippen LogP contribution in [-0.2, 0) is 4.84 Å². The number of hydrogen-bond donors (Lipinski definition) is 0. The van der Waals surface area contributed by atoms with Crippen molar-refractivity contribution in [2.24, 2.45) is 5.16 Å². The van der Waals surface area contributed by atoms with Crippen molar-refractivity contribution >= 4 is 28.6 Å². The van der Waals surface area contributed by atoms with Crippen molar-refractivity contribution in [2.45, 2.75) is 4.90 Å². The van der Waals surface area contributed by atoms with Gasteiger partial charge in [0.25, 0.3) is 0 Å². The van der Waals surface area contributed by atoms with Crippen LogP contribution in [0.5, 0.6) is 0 Å². The Labute approximate surface area is 119 Å². The number of Topliss-reactive ketones (excluding diaryl/α,β-unsaturated/α-hetero) is 1. The van der Waals surface area contributed by atoms with E-state index in [9.17, 15) is 9.59 Å². The molecule has 0 saturated carbocycles. The first kappa shape index (κ1) is 12.6. The third-order valence-electron chi connectivity index (χ3n) is 2.75. The van der Waals surface area contributed by atoms with Gasteiger partial charge in [0.1, 0.15) is 0 Å². The average Bonchev–Trinajstić information content (AvgIpc) is 2.83. The minimum Gasteiger partial charge on any atom is -0.312 e. The molecule has 20 heavy (non-hydrogen) atoms. The van der Waals surface area contributed by atoms with Crippen LogP contribution >= 0.6 is 11.8 Å². The Morgan fingerprint density at radius 1 is 1.00 bits per heavy atom. The van der Waals surface area contributed by atoms with E-state index in [4.69, 9.17) is 4.84 Å². The van der Waals surface area contributed by atoms with Crippen LogP contribution < -0.4 is 0 Å². The zero-order valence-electron chi connectivity index (χ0n) is 10.3. The lowest BCUT2D eigenvalue weighted by Gasteiger charge is -1.97. The molecule has 0 amide bonds. The number of nitrogens with zero attached hydrogens (tertiary/aromatic N) is 1. The minimum atomic E-state index is -0.581. The van der Waals surface area contributed by atoms with Crippen LogP contribution in [0.4, 0.5) is 0 Å². The number of carbonyl (C=O) groups excluding carboxylic acids is 2. The van der Waals surface area contributed by atoms with Crippen LogP contribution in [0.3, 0.4) is 0 Å². The van der Waals surface area contributed by atoms with E-state index >= 15 is 0 Å². The van der Waals surface area contributed by atoms with Crippen LogP contribution in [0.1, 0.15) is 20.7 Å². The normalized spacial score (nSPS) is 15.2. The Kier molecular flexibility index (Phi) is 3.35. The van der Waals surface area contributed by atoms with Crippen molar-refractivity contribution in [2.75, 3.05) is 0 Å². The zero-order valence-corrected chi connectivity index (χ0v) is 11.1. The Morgan fingerprint density at radius 3 is 2.45 bits per heavy atom. The quantitative estimate of drug-likeness (QED) is 0.627. The third-order valence-corrected chi connectivity index (χ3v) is 3.78. The minimum absolute atomic E-state index is 0.176. The molecule has 1 aliphatic heterocycles. The molecule has 0 atom stereocenters. The second-order valence-electron chi connectivity index (χ2n) is 4.07. The molecule has 0 spiro atoms. The second-order valence-corrected chi connectivity index (χ2v) is 5.10. The number of oxime groups is 1. The van der Waals surface area contributed by atoms with E-state index in [1.165, 1.54) is 11.8 Å². The van der Waals surface area contributed by atoms with E-state index in [0.29, 0.717) is 11.1 Å². The van der Waals surface area contributed by atoms with E-state index in [1.807, 2.05) is 12.1 Å². The predicted octanol–water partition coefficient (Wildman–Crippen LogP) is 3.15. The van der Waals surface area contributed by atoms with Crippen molar-refractivity contribution in [3.63, 3.8) is 0 Å². The first-order valence-corrected chi connectivity index (χ1v) is 6.73. The molecule has 0 N–H and O–H groups in total. The highest BCUT2D eigenvalue weighted by atomic mass is 32.2. The van der Waals surface area contributed by atoms with Gasteiger partial charge in [-0.15, -0.1) is 0 Å². The van der Waals surface area contributed by atoms with E-state index in [-0.39, 0.29) is 10.8 Å². The van der Waals surface area contributed by atoms with Crippen molar-refractivity contribution in [1.29, 1.82) is 0 Å². The molecule has 3 rings (SSSR count). The number of carbonyl (C=O) groups is 2. The zero-order chi connectivity index (χ0) is 13.9. The van der Waals surface area contributed by atoms with Crippen molar-refractivity contribution < 1.29 is 14.4 Å². The van der Waals surface area contributed by atoms with Gasteiger partial charge in [-0.1, -0.05) is 47.2 Å². The van der Waals surface area contributed by atoms with Gasteiger partial charge in [0, 0.05) is 10.5 Å². The number of benzene rings is 2. The van der Waals surface area contributed by atoms with Gasteiger partial charge in [-0.3, -0.25) is 4.79 Å². The van der Waals surface area contributed by atoms with Gasteiger partial charge in [-0.25, -0.2) is 4.79 Å². The van der Waals surface area contributed by atoms with Crippen molar-refractivity contribution in [1.82, 2.24) is 0 Å². The van der Waals surface area contributed by atoms with Gasteiger partial charge < -0.3 is 4.84 Å². The van der Waals surface area contributed by atoms with Gasteiger partial charge in [0.15, 0.2) is 5.04 Å². The van der Waals surface area contributed by atoms with Crippen molar-refractivity contribution in [3.05, 3.63) is 65.7 Å². The van der Waals surface area contributed by atoms with Crippen LogP contribution in [-0.4, -0.2) is 16.8 Å². The van der Waals surface area contributed by atoms with Gasteiger partial charge >= 0.3 is 5.97 Å². The summed E-state index contributed by atoms with van der Waals surface area (Å²) in [7, 11) is 0. The summed E-state index contributed by atoms with van der Waals surface area (Å²) in [5, 5.41) is 3.85. The molecule has 98 valence electrons. The molecule has 1 heterocycles. The molecule has 0 saturated heterocycles. The maximum Gasteiger partial charge on any atom is 0.365 e. The molecule has 0 radical (unpaired) electrons. The fourth-order valence-corrected chi connectivity index (χ4v) is 2.68. The van der Waals surface area contributed by atoms with Gasteiger partial charge in [-0.05, 0) is 24.3 Å². The van der Waals surface area contributed by atoms with E-state index in [0.717, 1.165) is 4.90 Å². The summed E-state index contributed by atoms with van der Waals surface area (Å²) in [6.45, 7) is 0. The number of ketones is 1. The molecule has 0 bridgehead atoms. The third kappa shape index (κ3) is 2.35. The average molecular weight is 283 g/mol. The van der Waals surface area contributed by atoms with Gasteiger partial charge in [-0.2, -0.15) is 0 Å². The van der Waals surface area contributed by atoms with Crippen molar-refractivity contribution in [3.8, 4) is 0 Å². The molecule has 5 heteroatoms. The molecular formula is C15H9NO3S. The standard InChI is InChI=1S/C15H9NO3S/c17-13-11-8-4-5-9-12(11)20-14(13)16-19-15(18)10-6-2-1-3-7-10/h1-9H/b16-14+. The molecule has 0 unspecified atom stereocenters. The first-order valence-electron chi connectivity index (χ1n) is 5.91. The lowest BCUT2D eigenvalue weighted by Crippen LogP contribution is -2.07. The second kappa shape index (κ2) is 5.30. The SMILES string of the molecule is O=C(O/N=C1/Sc2ccccc2C1=O)c1ccccc1. The van der Waals surface area contributed by atoms with E-state index in [2.05, 4.69) is 5.16 Å². The van der Waals surface area contributed by atoms with Gasteiger partial charge in [0.05, 0.1) is 5.56 Å². The molecule has 2 aromatic rings. The summed E-state index contributed by atoms with van der Waals surface area (Å²) in [4.78, 5) is 29.4. The lowest BCUT2D eigenvalue weighted by molar-refractivity contribution is 0.0517. The summed E-state index contributed by atoms with van der Waals surface area (Å²) < 4.78 is 0. The Balaban J connectivity index is 1.76. The van der Waals surface area contributed by atoms with E-state index < -0.39 is 5.97 Å². The van der Waals surface area contributed by atoms with Gasteiger partial charge in [0.2, 0.25) is 5.78 Å². The molecule has 0 fully saturated rings. The van der Waals surface area contributed by atoms with Crippen LogP contribution in [0.15, 0.2) is 64.6 Å². The summed E-state index contributed by atoms with van der Waals surface area (Å²) in [6.07, 6.45) is 0. The number of hydrogen-bond acceptors (Lipinski definition) is 5. The van der Waals surface area contributed by atoms with E-state index in [1.54, 1.807) is 42.5 Å². The fourth-order valence-electron chi connectivity index (χ4n) is 1.78. The van der Waals surface area contributed by atoms with Crippen LogP contribution in [0.2, 0.25) is 0 Å². The largest absolute Gasteiger partial charge is 0.365 e. The summed E-state index contributed by atoms with van der Waals surface area (Å²) in [5.41, 5.74) is 0.983. The highest BCUT2D eigenvalue weighted by Crippen LogP contribution is 2.33. The Morgan fingerprint density at radius 2 is 1.70 bits per heavy atom. The molecule has 0 aromatic heterocycles. The molecule has 1 aliphatic rings. The molecular weight excluding hydrogens is 274 g/mol. The molecule has 2 aromatic carbocycles. The fraction of sp³-hybridized carbons (Fsp3) is 0. The summed E-state index contributed by atoms with van der Waals surface area (Å²) >= 11 is 1.20. The topological polar surface area (TPSA) is 55.7 Å². The number of fused-ring (bicyclic) bond motifs is 1. The monoisotopic (exact) mass is 283 g/mol. The summed E-state index contributed by atoms with van der Waals surface area (Å²) in [5.74, 6) is -0.797. The maximum absolute atomic E-state index is 12.0. The highest BCUT2D eigenvalue weighted by molar-refractivity contribution is 8.16. The highest BCUT2D eigenvalue weighted by Gasteiger charge is 2.28. The van der Waals surface area contributed by atoms with Crippen LogP contribution in [0, 0.1) is 0 Å². The molecule has 4 nitrogen and oxygen atoms in total. The summed E-state index contributed by atoms with van der Waals surface area (Å²) in [6, 6.07) is 15.7. The maximum atomic E-state index is 12.0.